The zero-order valence-electron chi connectivity index (χ0n) is 15.7. The Labute approximate surface area is 173 Å². The molecule has 0 bridgehead atoms. The molecule has 0 atom stereocenters. The van der Waals surface area contributed by atoms with Gasteiger partial charge in [-0.1, -0.05) is 61.9 Å². The minimum atomic E-state index is 0.475. The van der Waals surface area contributed by atoms with Gasteiger partial charge in [0.2, 0.25) is 0 Å². The lowest BCUT2D eigenvalue weighted by atomic mass is 9.97. The number of nitrogens with one attached hydrogen (secondary N) is 1. The minimum Gasteiger partial charge on any atom is -0.360 e. The number of pyridine rings is 1. The summed E-state index contributed by atoms with van der Waals surface area (Å²) < 4.78 is 0. The molecule has 0 amide bonds. The Balaban J connectivity index is 1.70. The van der Waals surface area contributed by atoms with Gasteiger partial charge < -0.3 is 10.2 Å². The molecule has 1 saturated carbocycles. The van der Waals surface area contributed by atoms with Crippen LogP contribution < -0.4 is 5.32 Å². The maximum Gasteiger partial charge on any atom is 0.169 e. The maximum absolute atomic E-state index is 6.18. The standard InChI is InChI=1S/C22H28ClN3S/c23-19-10-8-9-18(15-19)16-26(17-21-13-6-7-14-24-21)22(27)25-20-11-4-2-1-3-5-12-20/h6-10,13-15,20H,1-5,11-12,16-17H2,(H,25,27). The number of thiocarbonyl (C=S) groups is 1. The predicted molar refractivity (Wildman–Crippen MR) is 117 cm³/mol. The smallest absolute Gasteiger partial charge is 0.169 e. The van der Waals surface area contributed by atoms with Crippen LogP contribution in [0.15, 0.2) is 48.7 Å². The van der Waals surface area contributed by atoms with Crippen molar-refractivity contribution >= 4 is 28.9 Å². The number of rotatable bonds is 5. The van der Waals surface area contributed by atoms with Crippen LogP contribution in [0.2, 0.25) is 5.02 Å². The Kier molecular flexibility index (Phi) is 7.91. The maximum atomic E-state index is 6.18. The van der Waals surface area contributed by atoms with E-state index in [2.05, 4.69) is 21.3 Å². The fraction of sp³-hybridized carbons (Fsp3) is 0.455. The molecule has 27 heavy (non-hydrogen) atoms. The average molecular weight is 402 g/mol. The molecule has 0 unspecified atom stereocenters. The van der Waals surface area contributed by atoms with Gasteiger partial charge in [-0.15, -0.1) is 0 Å². The van der Waals surface area contributed by atoms with Crippen molar-refractivity contribution in [3.8, 4) is 0 Å². The largest absolute Gasteiger partial charge is 0.360 e. The van der Waals surface area contributed by atoms with Crippen molar-refractivity contribution in [2.75, 3.05) is 0 Å². The summed E-state index contributed by atoms with van der Waals surface area (Å²) in [6, 6.07) is 14.5. The van der Waals surface area contributed by atoms with E-state index in [1.54, 1.807) is 0 Å². The Bertz CT molecular complexity index is 715. The number of nitrogens with zero attached hydrogens (tertiary/aromatic N) is 2. The fourth-order valence-electron chi connectivity index (χ4n) is 3.61. The molecule has 1 N–H and O–H groups in total. The van der Waals surface area contributed by atoms with E-state index in [-0.39, 0.29) is 0 Å². The summed E-state index contributed by atoms with van der Waals surface area (Å²) in [4.78, 5) is 6.68. The highest BCUT2D eigenvalue weighted by atomic mass is 35.5. The van der Waals surface area contributed by atoms with Crippen molar-refractivity contribution in [1.82, 2.24) is 15.2 Å². The average Bonchev–Trinajstić information content (AvgIpc) is 2.64. The van der Waals surface area contributed by atoms with Crippen molar-refractivity contribution in [2.24, 2.45) is 0 Å². The van der Waals surface area contributed by atoms with Crippen molar-refractivity contribution in [3.63, 3.8) is 0 Å². The first-order valence-electron chi connectivity index (χ1n) is 9.90. The lowest BCUT2D eigenvalue weighted by molar-refractivity contribution is 0.367. The van der Waals surface area contributed by atoms with Crippen LogP contribution in [0.25, 0.3) is 0 Å². The molecule has 1 aliphatic rings. The quantitative estimate of drug-likeness (QED) is 0.648. The van der Waals surface area contributed by atoms with Gasteiger partial charge in [0, 0.05) is 23.8 Å². The van der Waals surface area contributed by atoms with E-state index in [4.69, 9.17) is 23.8 Å². The molecule has 0 saturated heterocycles. The zero-order valence-corrected chi connectivity index (χ0v) is 17.3. The first kappa shape index (κ1) is 20.1. The summed E-state index contributed by atoms with van der Waals surface area (Å²) in [7, 11) is 0. The molecule has 0 aliphatic heterocycles. The second-order valence-corrected chi connectivity index (χ2v) is 8.12. The van der Waals surface area contributed by atoms with Crippen LogP contribution in [-0.2, 0) is 13.1 Å². The number of hydrogen-bond donors (Lipinski definition) is 1. The van der Waals surface area contributed by atoms with E-state index >= 15 is 0 Å². The highest BCUT2D eigenvalue weighted by molar-refractivity contribution is 7.80. The van der Waals surface area contributed by atoms with E-state index < -0.39 is 0 Å². The number of hydrogen-bond acceptors (Lipinski definition) is 2. The highest BCUT2D eigenvalue weighted by Gasteiger charge is 2.17. The van der Waals surface area contributed by atoms with Crippen LogP contribution in [0.4, 0.5) is 0 Å². The number of aromatic nitrogens is 1. The molecule has 2 aromatic rings. The molecule has 3 rings (SSSR count). The van der Waals surface area contributed by atoms with Gasteiger partial charge in [-0.05, 0) is 54.9 Å². The lowest BCUT2D eigenvalue weighted by Gasteiger charge is -2.30. The summed E-state index contributed by atoms with van der Waals surface area (Å²) in [6.07, 6.45) is 10.9. The van der Waals surface area contributed by atoms with Crippen molar-refractivity contribution in [3.05, 3.63) is 64.9 Å². The van der Waals surface area contributed by atoms with Crippen LogP contribution in [0.5, 0.6) is 0 Å². The van der Waals surface area contributed by atoms with Crippen LogP contribution in [-0.4, -0.2) is 21.0 Å². The van der Waals surface area contributed by atoms with Crippen LogP contribution in [0.3, 0.4) is 0 Å². The van der Waals surface area contributed by atoms with Crippen molar-refractivity contribution in [1.29, 1.82) is 0 Å². The van der Waals surface area contributed by atoms with Crippen LogP contribution in [0, 0.1) is 0 Å². The minimum absolute atomic E-state index is 0.475. The molecule has 1 fully saturated rings. The third-order valence-electron chi connectivity index (χ3n) is 5.06. The molecule has 5 heteroatoms. The first-order valence-corrected chi connectivity index (χ1v) is 10.7. The van der Waals surface area contributed by atoms with Gasteiger partial charge in [-0.2, -0.15) is 0 Å². The van der Waals surface area contributed by atoms with Crippen molar-refractivity contribution in [2.45, 2.75) is 64.1 Å². The molecule has 1 heterocycles. The molecule has 1 aromatic heterocycles. The third-order valence-corrected chi connectivity index (χ3v) is 5.67. The normalized spacial score (nSPS) is 15.6. The van der Waals surface area contributed by atoms with E-state index in [1.807, 2.05) is 42.6 Å². The summed E-state index contributed by atoms with van der Waals surface area (Å²) in [5, 5.41) is 5.20. The molecule has 0 spiro atoms. The topological polar surface area (TPSA) is 28.2 Å². The number of halogens is 1. The first-order chi connectivity index (χ1) is 13.2. The molecule has 144 valence electrons. The van der Waals surface area contributed by atoms with E-state index in [9.17, 15) is 0 Å². The lowest BCUT2D eigenvalue weighted by Crippen LogP contribution is -2.44. The van der Waals surface area contributed by atoms with Gasteiger partial charge in [0.05, 0.1) is 12.2 Å². The zero-order chi connectivity index (χ0) is 18.9. The van der Waals surface area contributed by atoms with E-state index in [0.717, 1.165) is 27.9 Å². The predicted octanol–water partition coefficient (Wildman–Crippen LogP) is 5.72. The molecule has 1 aromatic carbocycles. The molecular formula is C22H28ClN3S. The molecular weight excluding hydrogens is 374 g/mol. The van der Waals surface area contributed by atoms with Gasteiger partial charge in [0.15, 0.2) is 5.11 Å². The summed E-state index contributed by atoms with van der Waals surface area (Å²) in [5.41, 5.74) is 2.17. The monoisotopic (exact) mass is 401 g/mol. The second-order valence-electron chi connectivity index (χ2n) is 7.30. The van der Waals surface area contributed by atoms with E-state index in [1.165, 1.54) is 44.9 Å². The van der Waals surface area contributed by atoms with E-state index in [0.29, 0.717) is 12.6 Å². The van der Waals surface area contributed by atoms with Crippen LogP contribution in [0.1, 0.15) is 56.2 Å². The summed E-state index contributed by atoms with van der Waals surface area (Å²) in [6.45, 7) is 1.40. The highest BCUT2D eigenvalue weighted by Crippen LogP contribution is 2.19. The van der Waals surface area contributed by atoms with Crippen molar-refractivity contribution < 1.29 is 0 Å². The fourth-order valence-corrected chi connectivity index (χ4v) is 4.12. The van der Waals surface area contributed by atoms with Gasteiger partial charge in [0.25, 0.3) is 0 Å². The molecule has 0 radical (unpaired) electrons. The SMILES string of the molecule is S=C(NC1CCCCCCC1)N(Cc1cccc(Cl)c1)Cc1ccccn1. The second kappa shape index (κ2) is 10.6. The van der Waals surface area contributed by atoms with Gasteiger partial charge in [-0.3, -0.25) is 4.98 Å². The Morgan fingerprint density at radius 1 is 1.04 bits per heavy atom. The Morgan fingerprint density at radius 2 is 1.81 bits per heavy atom. The van der Waals surface area contributed by atoms with Gasteiger partial charge in [-0.25, -0.2) is 0 Å². The third kappa shape index (κ3) is 6.78. The van der Waals surface area contributed by atoms with Gasteiger partial charge >= 0.3 is 0 Å². The Morgan fingerprint density at radius 3 is 2.52 bits per heavy atom. The summed E-state index contributed by atoms with van der Waals surface area (Å²) >= 11 is 12.0. The Hall–Kier alpha value is -1.65. The number of benzene rings is 1. The molecule has 3 nitrogen and oxygen atoms in total. The molecule has 1 aliphatic carbocycles. The summed E-state index contributed by atoms with van der Waals surface area (Å²) in [5.74, 6) is 0. The van der Waals surface area contributed by atoms with Crippen LogP contribution >= 0.6 is 23.8 Å². The van der Waals surface area contributed by atoms with Gasteiger partial charge in [0.1, 0.15) is 0 Å².